The minimum Gasteiger partial charge on any atom is -0.481 e. The van der Waals surface area contributed by atoms with Crippen LogP contribution >= 0.6 is 15.9 Å². The molecule has 7 heteroatoms. The molecule has 0 aliphatic carbocycles. The number of fused-ring (bicyclic) bond motifs is 1. The van der Waals surface area contributed by atoms with Gasteiger partial charge in [-0.15, -0.1) is 0 Å². The number of nitrogens with one attached hydrogen (secondary N) is 1. The van der Waals surface area contributed by atoms with E-state index in [1.54, 1.807) is 30.5 Å². The summed E-state index contributed by atoms with van der Waals surface area (Å²) in [7, 11) is 0. The Kier molecular flexibility index (Phi) is 3.57. The highest BCUT2D eigenvalue weighted by atomic mass is 79.9. The van der Waals surface area contributed by atoms with Crippen molar-refractivity contribution in [3.63, 3.8) is 0 Å². The molecular formula is C14H9BrN2O4. The molecule has 21 heavy (non-hydrogen) atoms. The van der Waals surface area contributed by atoms with Crippen LogP contribution in [0.1, 0.15) is 10.4 Å². The first-order valence-electron chi connectivity index (χ1n) is 6.01. The molecule has 2 aromatic rings. The summed E-state index contributed by atoms with van der Waals surface area (Å²) < 4.78 is 11.2. The SMILES string of the molecule is O=C1COc2cc(OC(=O)c3cncc(Br)c3)ccc2N1. The molecule has 3 rings (SSSR count). The summed E-state index contributed by atoms with van der Waals surface area (Å²) in [6.45, 7) is -0.0556. The number of rotatable bonds is 2. The third-order valence-corrected chi connectivity index (χ3v) is 3.17. The van der Waals surface area contributed by atoms with E-state index in [2.05, 4.69) is 26.2 Å². The Balaban J connectivity index is 1.79. The van der Waals surface area contributed by atoms with Gasteiger partial charge in [0.2, 0.25) is 0 Å². The maximum Gasteiger partial charge on any atom is 0.345 e. The Labute approximate surface area is 128 Å². The molecule has 0 fully saturated rings. The maximum atomic E-state index is 12.0. The van der Waals surface area contributed by atoms with Crippen LogP contribution in [-0.2, 0) is 4.79 Å². The standard InChI is InChI=1S/C14H9BrN2O4/c15-9-3-8(5-16-6-9)14(19)21-10-1-2-11-12(4-10)20-7-13(18)17-11/h1-6H,7H2,(H,17,18). The number of pyridine rings is 1. The normalized spacial score (nSPS) is 12.9. The second kappa shape index (κ2) is 5.53. The molecule has 1 aromatic carbocycles. The van der Waals surface area contributed by atoms with Gasteiger partial charge in [-0.1, -0.05) is 0 Å². The van der Waals surface area contributed by atoms with Gasteiger partial charge in [0.15, 0.2) is 6.61 Å². The zero-order chi connectivity index (χ0) is 14.8. The molecule has 0 unspecified atom stereocenters. The van der Waals surface area contributed by atoms with Gasteiger partial charge in [0.05, 0.1) is 11.3 Å². The molecule has 1 aliphatic heterocycles. The number of carbonyl (C=O) groups is 2. The minimum atomic E-state index is -0.524. The number of esters is 1. The zero-order valence-electron chi connectivity index (χ0n) is 10.6. The van der Waals surface area contributed by atoms with Gasteiger partial charge in [0, 0.05) is 22.9 Å². The average molecular weight is 349 g/mol. The van der Waals surface area contributed by atoms with E-state index in [0.29, 0.717) is 27.2 Å². The van der Waals surface area contributed by atoms with Crippen molar-refractivity contribution >= 4 is 33.5 Å². The minimum absolute atomic E-state index is 0.0556. The van der Waals surface area contributed by atoms with E-state index >= 15 is 0 Å². The van der Waals surface area contributed by atoms with Gasteiger partial charge in [0.25, 0.3) is 5.91 Å². The Bertz CT molecular complexity index is 733. The number of carbonyl (C=O) groups excluding carboxylic acids is 2. The Hall–Kier alpha value is -2.41. The lowest BCUT2D eigenvalue weighted by molar-refractivity contribution is -0.118. The molecule has 0 atom stereocenters. The highest BCUT2D eigenvalue weighted by Gasteiger charge is 2.17. The van der Waals surface area contributed by atoms with Gasteiger partial charge >= 0.3 is 5.97 Å². The lowest BCUT2D eigenvalue weighted by Crippen LogP contribution is -2.25. The molecule has 1 N–H and O–H groups in total. The second-order valence-corrected chi connectivity index (χ2v) is 5.19. The summed E-state index contributed by atoms with van der Waals surface area (Å²) in [5.41, 5.74) is 0.881. The van der Waals surface area contributed by atoms with Crippen molar-refractivity contribution in [1.82, 2.24) is 4.98 Å². The number of ether oxygens (including phenoxy) is 2. The average Bonchev–Trinajstić information content (AvgIpc) is 2.47. The molecule has 0 saturated heterocycles. The number of hydrogen-bond acceptors (Lipinski definition) is 5. The smallest absolute Gasteiger partial charge is 0.345 e. The summed E-state index contributed by atoms with van der Waals surface area (Å²) in [6.07, 6.45) is 2.99. The fraction of sp³-hybridized carbons (Fsp3) is 0.0714. The Morgan fingerprint density at radius 1 is 1.33 bits per heavy atom. The van der Waals surface area contributed by atoms with Crippen LogP contribution in [0.5, 0.6) is 11.5 Å². The van der Waals surface area contributed by atoms with Crippen LogP contribution in [0.2, 0.25) is 0 Å². The number of aromatic nitrogens is 1. The summed E-state index contributed by atoms with van der Waals surface area (Å²) in [5, 5.41) is 2.66. The highest BCUT2D eigenvalue weighted by Crippen LogP contribution is 2.31. The van der Waals surface area contributed by atoms with E-state index in [1.807, 2.05) is 0 Å². The van der Waals surface area contributed by atoms with Crippen molar-refractivity contribution in [3.8, 4) is 11.5 Å². The van der Waals surface area contributed by atoms with Gasteiger partial charge in [0.1, 0.15) is 11.5 Å². The summed E-state index contributed by atoms with van der Waals surface area (Å²) in [5.74, 6) is 0.0539. The highest BCUT2D eigenvalue weighted by molar-refractivity contribution is 9.10. The number of amides is 1. The summed E-state index contributed by atoms with van der Waals surface area (Å²) >= 11 is 3.24. The molecule has 2 heterocycles. The lowest BCUT2D eigenvalue weighted by atomic mass is 10.2. The van der Waals surface area contributed by atoms with Crippen LogP contribution in [0.15, 0.2) is 41.1 Å². The first-order chi connectivity index (χ1) is 10.1. The fourth-order valence-electron chi connectivity index (χ4n) is 1.81. The number of hydrogen-bond donors (Lipinski definition) is 1. The second-order valence-electron chi connectivity index (χ2n) is 4.28. The summed E-state index contributed by atoms with van der Waals surface area (Å²) in [4.78, 5) is 27.1. The molecule has 1 aliphatic rings. The maximum absolute atomic E-state index is 12.0. The largest absolute Gasteiger partial charge is 0.481 e. The predicted molar refractivity (Wildman–Crippen MR) is 77.5 cm³/mol. The monoisotopic (exact) mass is 348 g/mol. The van der Waals surface area contributed by atoms with Gasteiger partial charge in [-0.25, -0.2) is 4.79 Å². The van der Waals surface area contributed by atoms with Crippen LogP contribution in [0, 0.1) is 0 Å². The van der Waals surface area contributed by atoms with Crippen molar-refractivity contribution in [3.05, 3.63) is 46.7 Å². The first-order valence-corrected chi connectivity index (χ1v) is 6.80. The number of anilines is 1. The van der Waals surface area contributed by atoms with Crippen molar-refractivity contribution in [2.75, 3.05) is 11.9 Å². The van der Waals surface area contributed by atoms with E-state index < -0.39 is 5.97 Å². The molecule has 1 amide bonds. The van der Waals surface area contributed by atoms with Crippen LogP contribution in [-0.4, -0.2) is 23.5 Å². The van der Waals surface area contributed by atoms with Crippen LogP contribution in [0.4, 0.5) is 5.69 Å². The predicted octanol–water partition coefficient (Wildman–Crippen LogP) is 2.39. The van der Waals surface area contributed by atoms with Crippen LogP contribution in [0.3, 0.4) is 0 Å². The number of halogens is 1. The van der Waals surface area contributed by atoms with Crippen molar-refractivity contribution < 1.29 is 19.1 Å². The van der Waals surface area contributed by atoms with Crippen molar-refractivity contribution in [2.45, 2.75) is 0 Å². The molecule has 0 saturated carbocycles. The van der Waals surface area contributed by atoms with E-state index in [4.69, 9.17) is 9.47 Å². The lowest BCUT2D eigenvalue weighted by Gasteiger charge is -2.18. The van der Waals surface area contributed by atoms with Gasteiger partial charge in [-0.2, -0.15) is 0 Å². The van der Waals surface area contributed by atoms with Gasteiger partial charge < -0.3 is 14.8 Å². The van der Waals surface area contributed by atoms with Crippen molar-refractivity contribution in [2.24, 2.45) is 0 Å². The third-order valence-electron chi connectivity index (χ3n) is 2.74. The van der Waals surface area contributed by atoms with E-state index in [9.17, 15) is 9.59 Å². The first kappa shape index (κ1) is 13.6. The molecule has 0 bridgehead atoms. The molecule has 1 aromatic heterocycles. The molecular weight excluding hydrogens is 340 g/mol. The Morgan fingerprint density at radius 3 is 3.00 bits per heavy atom. The molecule has 0 spiro atoms. The quantitative estimate of drug-likeness (QED) is 0.666. The van der Waals surface area contributed by atoms with E-state index in [-0.39, 0.29) is 12.5 Å². The number of benzene rings is 1. The van der Waals surface area contributed by atoms with Crippen LogP contribution in [0.25, 0.3) is 0 Å². The Morgan fingerprint density at radius 2 is 2.19 bits per heavy atom. The van der Waals surface area contributed by atoms with Gasteiger partial charge in [-0.3, -0.25) is 9.78 Å². The molecule has 0 radical (unpaired) electrons. The van der Waals surface area contributed by atoms with Gasteiger partial charge in [-0.05, 0) is 34.1 Å². The molecule has 106 valence electrons. The fourth-order valence-corrected chi connectivity index (χ4v) is 2.17. The zero-order valence-corrected chi connectivity index (χ0v) is 12.2. The molecule has 6 nitrogen and oxygen atoms in total. The van der Waals surface area contributed by atoms with Crippen molar-refractivity contribution in [1.29, 1.82) is 0 Å². The van der Waals surface area contributed by atoms with Crippen LogP contribution < -0.4 is 14.8 Å². The van der Waals surface area contributed by atoms with E-state index in [1.165, 1.54) is 6.20 Å². The third kappa shape index (κ3) is 3.03. The topological polar surface area (TPSA) is 77.5 Å². The summed E-state index contributed by atoms with van der Waals surface area (Å²) in [6, 6.07) is 6.37. The number of nitrogens with zero attached hydrogens (tertiary/aromatic N) is 1. The van der Waals surface area contributed by atoms with E-state index in [0.717, 1.165) is 0 Å².